The quantitative estimate of drug-likeness (QED) is 0.873. The van der Waals surface area contributed by atoms with Gasteiger partial charge in [-0.3, -0.25) is 4.90 Å². The molecule has 2 N–H and O–H groups in total. The van der Waals surface area contributed by atoms with Gasteiger partial charge in [0.1, 0.15) is 0 Å². The largest absolute Gasteiger partial charge is 0.371 e. The van der Waals surface area contributed by atoms with E-state index in [-0.39, 0.29) is 0 Å². The SMILES string of the molecule is Clc1ccc(Cl)c(NCN2CCNCC2)c1. The summed E-state index contributed by atoms with van der Waals surface area (Å²) in [6.45, 7) is 5.02. The second-order valence-corrected chi connectivity index (χ2v) is 4.67. The zero-order chi connectivity index (χ0) is 11.4. The number of nitrogens with one attached hydrogen (secondary N) is 2. The smallest absolute Gasteiger partial charge is 0.0679 e. The fraction of sp³-hybridized carbons (Fsp3) is 0.455. The average Bonchev–Trinajstić information content (AvgIpc) is 2.32. The molecule has 1 aliphatic rings. The summed E-state index contributed by atoms with van der Waals surface area (Å²) in [4.78, 5) is 2.34. The molecule has 1 aliphatic heterocycles. The molecule has 0 spiro atoms. The first-order valence-corrected chi connectivity index (χ1v) is 6.13. The summed E-state index contributed by atoms with van der Waals surface area (Å²) in [7, 11) is 0. The Hall–Kier alpha value is -0.480. The zero-order valence-corrected chi connectivity index (χ0v) is 10.5. The van der Waals surface area contributed by atoms with Crippen molar-refractivity contribution in [3.8, 4) is 0 Å². The lowest BCUT2D eigenvalue weighted by atomic mass is 10.3. The molecule has 3 nitrogen and oxygen atoms in total. The van der Waals surface area contributed by atoms with E-state index in [4.69, 9.17) is 23.2 Å². The maximum Gasteiger partial charge on any atom is 0.0679 e. The minimum absolute atomic E-state index is 0.701. The van der Waals surface area contributed by atoms with Gasteiger partial charge in [-0.1, -0.05) is 23.2 Å². The Morgan fingerprint density at radius 1 is 1.25 bits per heavy atom. The summed E-state index contributed by atoms with van der Waals surface area (Å²) in [6.07, 6.45) is 0. The van der Waals surface area contributed by atoms with Crippen molar-refractivity contribution >= 4 is 28.9 Å². The predicted molar refractivity (Wildman–Crippen MR) is 69.4 cm³/mol. The Kier molecular flexibility index (Phi) is 4.29. The lowest BCUT2D eigenvalue weighted by Gasteiger charge is -2.27. The number of rotatable bonds is 3. The Morgan fingerprint density at radius 3 is 2.75 bits per heavy atom. The van der Waals surface area contributed by atoms with Gasteiger partial charge >= 0.3 is 0 Å². The molecule has 0 aliphatic carbocycles. The van der Waals surface area contributed by atoms with Crippen LogP contribution in [0.2, 0.25) is 10.0 Å². The van der Waals surface area contributed by atoms with Crippen molar-refractivity contribution in [2.24, 2.45) is 0 Å². The first kappa shape index (κ1) is 12.0. The first-order valence-electron chi connectivity index (χ1n) is 5.38. The standard InChI is InChI=1S/C11H15Cl2N3/c12-9-1-2-10(13)11(7-9)15-8-16-5-3-14-4-6-16/h1-2,7,14-15H,3-6,8H2. The van der Waals surface area contributed by atoms with E-state index in [1.807, 2.05) is 12.1 Å². The van der Waals surface area contributed by atoms with Crippen LogP contribution in [0.5, 0.6) is 0 Å². The topological polar surface area (TPSA) is 27.3 Å². The van der Waals surface area contributed by atoms with Crippen molar-refractivity contribution in [2.75, 3.05) is 38.2 Å². The zero-order valence-electron chi connectivity index (χ0n) is 8.97. The van der Waals surface area contributed by atoms with Gasteiger partial charge in [0.05, 0.1) is 17.4 Å². The van der Waals surface area contributed by atoms with Gasteiger partial charge in [-0.15, -0.1) is 0 Å². The van der Waals surface area contributed by atoms with Crippen LogP contribution in [-0.2, 0) is 0 Å². The monoisotopic (exact) mass is 259 g/mol. The fourth-order valence-corrected chi connectivity index (χ4v) is 2.06. The van der Waals surface area contributed by atoms with Gasteiger partial charge in [0.2, 0.25) is 0 Å². The molecule has 1 aromatic carbocycles. The number of benzene rings is 1. The minimum Gasteiger partial charge on any atom is -0.371 e. The highest BCUT2D eigenvalue weighted by Gasteiger charge is 2.09. The summed E-state index contributed by atoms with van der Waals surface area (Å²) in [6, 6.07) is 5.45. The highest BCUT2D eigenvalue weighted by Crippen LogP contribution is 2.25. The fourth-order valence-electron chi connectivity index (χ4n) is 1.70. The summed E-state index contributed by atoms with van der Waals surface area (Å²) >= 11 is 12.0. The van der Waals surface area contributed by atoms with Gasteiger partial charge in [-0.25, -0.2) is 0 Å². The molecule has 0 saturated carbocycles. The molecule has 5 heteroatoms. The number of nitrogens with zero attached hydrogens (tertiary/aromatic N) is 1. The first-order chi connectivity index (χ1) is 7.75. The molecule has 16 heavy (non-hydrogen) atoms. The molecule has 0 amide bonds. The number of hydrogen-bond acceptors (Lipinski definition) is 3. The highest BCUT2D eigenvalue weighted by molar-refractivity contribution is 6.35. The lowest BCUT2D eigenvalue weighted by Crippen LogP contribution is -2.45. The van der Waals surface area contributed by atoms with Crippen LogP contribution in [0, 0.1) is 0 Å². The maximum absolute atomic E-state index is 6.06. The lowest BCUT2D eigenvalue weighted by molar-refractivity contribution is 0.256. The molecule has 1 heterocycles. The predicted octanol–water partition coefficient (Wildman–Crippen LogP) is 2.27. The highest BCUT2D eigenvalue weighted by atomic mass is 35.5. The summed E-state index contributed by atoms with van der Waals surface area (Å²) in [5.74, 6) is 0. The number of halogens is 2. The van der Waals surface area contributed by atoms with E-state index < -0.39 is 0 Å². The number of hydrogen-bond donors (Lipinski definition) is 2. The number of anilines is 1. The Labute approximate surface area is 106 Å². The van der Waals surface area contributed by atoms with Crippen LogP contribution < -0.4 is 10.6 Å². The van der Waals surface area contributed by atoms with E-state index in [1.54, 1.807) is 6.07 Å². The third kappa shape index (κ3) is 3.25. The van der Waals surface area contributed by atoms with Crippen molar-refractivity contribution in [3.63, 3.8) is 0 Å². The summed E-state index contributed by atoms with van der Waals surface area (Å²) in [5.41, 5.74) is 0.896. The van der Waals surface area contributed by atoms with Crippen LogP contribution in [0.1, 0.15) is 0 Å². The Morgan fingerprint density at radius 2 is 2.00 bits per heavy atom. The van der Waals surface area contributed by atoms with E-state index in [0.29, 0.717) is 10.0 Å². The third-order valence-electron chi connectivity index (χ3n) is 2.63. The molecule has 88 valence electrons. The van der Waals surface area contributed by atoms with Gasteiger partial charge in [-0.2, -0.15) is 0 Å². The molecule has 0 radical (unpaired) electrons. The molecule has 0 atom stereocenters. The van der Waals surface area contributed by atoms with Crippen molar-refractivity contribution in [1.82, 2.24) is 10.2 Å². The van der Waals surface area contributed by atoms with Gasteiger partial charge in [-0.05, 0) is 18.2 Å². The van der Waals surface area contributed by atoms with Gasteiger partial charge in [0, 0.05) is 31.2 Å². The van der Waals surface area contributed by atoms with E-state index >= 15 is 0 Å². The van der Waals surface area contributed by atoms with Gasteiger partial charge < -0.3 is 10.6 Å². The molecule has 2 rings (SSSR count). The molecular weight excluding hydrogens is 245 g/mol. The van der Waals surface area contributed by atoms with Gasteiger partial charge in [0.25, 0.3) is 0 Å². The van der Waals surface area contributed by atoms with Gasteiger partial charge in [0.15, 0.2) is 0 Å². The third-order valence-corrected chi connectivity index (χ3v) is 3.20. The maximum atomic E-state index is 6.06. The van der Waals surface area contributed by atoms with E-state index in [2.05, 4.69) is 15.5 Å². The van der Waals surface area contributed by atoms with E-state index in [9.17, 15) is 0 Å². The van der Waals surface area contributed by atoms with Crippen LogP contribution >= 0.6 is 23.2 Å². The Bertz CT molecular complexity index is 351. The Balaban J connectivity index is 1.90. The van der Waals surface area contributed by atoms with Crippen LogP contribution in [0.3, 0.4) is 0 Å². The molecule has 0 bridgehead atoms. The van der Waals surface area contributed by atoms with Crippen molar-refractivity contribution in [1.29, 1.82) is 0 Å². The van der Waals surface area contributed by atoms with Crippen molar-refractivity contribution in [2.45, 2.75) is 0 Å². The molecule has 0 unspecified atom stereocenters. The normalized spacial score (nSPS) is 17.4. The van der Waals surface area contributed by atoms with Crippen LogP contribution in [0.15, 0.2) is 18.2 Å². The molecular formula is C11H15Cl2N3. The minimum atomic E-state index is 0.701. The van der Waals surface area contributed by atoms with Crippen LogP contribution in [-0.4, -0.2) is 37.7 Å². The van der Waals surface area contributed by atoms with Crippen molar-refractivity contribution < 1.29 is 0 Å². The van der Waals surface area contributed by atoms with Crippen LogP contribution in [0.25, 0.3) is 0 Å². The molecule has 0 aromatic heterocycles. The molecule has 1 aromatic rings. The second-order valence-electron chi connectivity index (χ2n) is 3.83. The molecule has 1 fully saturated rings. The van der Waals surface area contributed by atoms with Crippen molar-refractivity contribution in [3.05, 3.63) is 28.2 Å². The van der Waals surface area contributed by atoms with Crippen LogP contribution in [0.4, 0.5) is 5.69 Å². The summed E-state index contributed by atoms with van der Waals surface area (Å²) in [5, 5.41) is 8.03. The average molecular weight is 260 g/mol. The number of piperazine rings is 1. The summed E-state index contributed by atoms with van der Waals surface area (Å²) < 4.78 is 0. The molecule has 1 saturated heterocycles. The van der Waals surface area contributed by atoms with E-state index in [1.165, 1.54) is 0 Å². The second kappa shape index (κ2) is 5.73. The van der Waals surface area contributed by atoms with E-state index in [0.717, 1.165) is 38.5 Å².